The van der Waals surface area contributed by atoms with Crippen molar-refractivity contribution in [1.29, 1.82) is 0 Å². The molecular weight excluding hydrogens is 340 g/mol. The zero-order valence-electron chi connectivity index (χ0n) is 13.9. The molecule has 2 aromatic carbocycles. The SMILES string of the molecule is C[C@H]1CN(Cc2cc(Cl)cc3c2OCOC3)c2ccccc2NC1=O. The molecule has 0 radical (unpaired) electrons. The Bertz CT molecular complexity index is 824. The highest BCUT2D eigenvalue weighted by molar-refractivity contribution is 6.30. The molecule has 4 rings (SSSR count). The first-order valence-corrected chi connectivity index (χ1v) is 8.66. The Morgan fingerprint density at radius 3 is 3.04 bits per heavy atom. The zero-order chi connectivity index (χ0) is 17.4. The molecule has 0 bridgehead atoms. The van der Waals surface area contributed by atoms with Gasteiger partial charge in [0.2, 0.25) is 5.91 Å². The monoisotopic (exact) mass is 358 g/mol. The van der Waals surface area contributed by atoms with Crippen LogP contribution in [0.3, 0.4) is 0 Å². The van der Waals surface area contributed by atoms with Gasteiger partial charge >= 0.3 is 0 Å². The van der Waals surface area contributed by atoms with Crippen molar-refractivity contribution in [3.05, 3.63) is 52.5 Å². The highest BCUT2D eigenvalue weighted by Gasteiger charge is 2.26. The van der Waals surface area contributed by atoms with Crippen LogP contribution in [0.5, 0.6) is 5.75 Å². The maximum Gasteiger partial charge on any atom is 0.229 e. The summed E-state index contributed by atoms with van der Waals surface area (Å²) >= 11 is 6.29. The summed E-state index contributed by atoms with van der Waals surface area (Å²) in [4.78, 5) is 14.5. The van der Waals surface area contributed by atoms with Crippen LogP contribution >= 0.6 is 11.6 Å². The van der Waals surface area contributed by atoms with E-state index < -0.39 is 0 Å². The van der Waals surface area contributed by atoms with Crippen molar-refractivity contribution >= 4 is 28.9 Å². The Labute approximate surface area is 151 Å². The van der Waals surface area contributed by atoms with Gasteiger partial charge in [-0.25, -0.2) is 0 Å². The Morgan fingerprint density at radius 1 is 1.32 bits per heavy atom. The van der Waals surface area contributed by atoms with Crippen LogP contribution in [0, 0.1) is 5.92 Å². The number of para-hydroxylation sites is 2. The second-order valence-corrected chi connectivity index (χ2v) is 6.89. The number of hydrogen-bond acceptors (Lipinski definition) is 4. The van der Waals surface area contributed by atoms with E-state index in [9.17, 15) is 4.79 Å². The van der Waals surface area contributed by atoms with E-state index in [0.29, 0.717) is 24.7 Å². The van der Waals surface area contributed by atoms with Crippen LogP contribution in [0.4, 0.5) is 11.4 Å². The van der Waals surface area contributed by atoms with Gasteiger partial charge in [-0.05, 0) is 24.3 Å². The predicted octanol–water partition coefficient (Wildman–Crippen LogP) is 3.80. The second-order valence-electron chi connectivity index (χ2n) is 6.45. The first-order valence-electron chi connectivity index (χ1n) is 8.28. The lowest BCUT2D eigenvalue weighted by atomic mass is 10.1. The van der Waals surface area contributed by atoms with E-state index in [0.717, 1.165) is 28.3 Å². The van der Waals surface area contributed by atoms with Crippen molar-refractivity contribution in [2.75, 3.05) is 23.6 Å². The van der Waals surface area contributed by atoms with Crippen LogP contribution in [0.1, 0.15) is 18.1 Å². The predicted molar refractivity (Wildman–Crippen MR) is 97.0 cm³/mol. The first-order chi connectivity index (χ1) is 12.1. The number of amides is 1. The van der Waals surface area contributed by atoms with E-state index in [-0.39, 0.29) is 18.6 Å². The summed E-state index contributed by atoms with van der Waals surface area (Å²) < 4.78 is 11.1. The highest BCUT2D eigenvalue weighted by atomic mass is 35.5. The number of carbonyl (C=O) groups excluding carboxylic acids is 1. The van der Waals surface area contributed by atoms with Gasteiger partial charge in [-0.1, -0.05) is 30.7 Å². The summed E-state index contributed by atoms with van der Waals surface area (Å²) in [6.45, 7) is 3.91. The zero-order valence-corrected chi connectivity index (χ0v) is 14.7. The smallest absolute Gasteiger partial charge is 0.229 e. The van der Waals surface area contributed by atoms with E-state index in [1.54, 1.807) is 0 Å². The summed E-state index contributed by atoms with van der Waals surface area (Å²) in [5.74, 6) is 0.753. The van der Waals surface area contributed by atoms with Crippen molar-refractivity contribution in [2.45, 2.75) is 20.1 Å². The number of halogens is 1. The van der Waals surface area contributed by atoms with Crippen LogP contribution in [0.2, 0.25) is 5.02 Å². The summed E-state index contributed by atoms with van der Waals surface area (Å²) in [6.07, 6.45) is 0. The van der Waals surface area contributed by atoms with Gasteiger partial charge in [0.05, 0.1) is 23.9 Å². The number of nitrogens with zero attached hydrogens (tertiary/aromatic N) is 1. The minimum atomic E-state index is -0.119. The standard InChI is InChI=1S/C19H19ClN2O3/c1-12-8-22(17-5-3-2-4-16(17)21-19(12)23)9-13-6-15(20)7-14-10-24-11-25-18(13)14/h2-7,12H,8-11H2,1H3,(H,21,23)/t12-/m0/s1. The molecule has 2 aromatic rings. The fourth-order valence-corrected chi connectivity index (χ4v) is 3.62. The third-order valence-electron chi connectivity index (χ3n) is 4.56. The largest absolute Gasteiger partial charge is 0.467 e. The van der Waals surface area contributed by atoms with Crippen molar-refractivity contribution in [2.24, 2.45) is 5.92 Å². The van der Waals surface area contributed by atoms with Crippen LogP contribution in [0.15, 0.2) is 36.4 Å². The van der Waals surface area contributed by atoms with E-state index in [2.05, 4.69) is 10.2 Å². The maximum absolute atomic E-state index is 12.3. The molecule has 2 aliphatic rings. The Balaban J connectivity index is 1.73. The van der Waals surface area contributed by atoms with Crippen LogP contribution < -0.4 is 15.0 Å². The number of fused-ring (bicyclic) bond motifs is 2. The number of ether oxygens (including phenoxy) is 2. The molecule has 1 N–H and O–H groups in total. The third-order valence-corrected chi connectivity index (χ3v) is 4.78. The van der Waals surface area contributed by atoms with Gasteiger partial charge in [0, 0.05) is 29.2 Å². The summed E-state index contributed by atoms with van der Waals surface area (Å²) in [6, 6.07) is 11.7. The fourth-order valence-electron chi connectivity index (χ4n) is 3.35. The Kier molecular flexibility index (Phi) is 4.27. The maximum atomic E-state index is 12.3. The Morgan fingerprint density at radius 2 is 2.16 bits per heavy atom. The summed E-state index contributed by atoms with van der Waals surface area (Å²) in [5, 5.41) is 3.66. The van der Waals surface area contributed by atoms with E-state index in [4.69, 9.17) is 21.1 Å². The molecule has 5 nitrogen and oxygen atoms in total. The lowest BCUT2D eigenvalue weighted by Crippen LogP contribution is -2.30. The normalized spacial score (nSPS) is 19.4. The average Bonchev–Trinajstić information content (AvgIpc) is 2.72. The molecule has 1 atom stereocenters. The van der Waals surface area contributed by atoms with Crippen molar-refractivity contribution < 1.29 is 14.3 Å². The molecule has 0 aromatic heterocycles. The molecule has 0 aliphatic carbocycles. The van der Waals surface area contributed by atoms with Gasteiger partial charge in [-0.3, -0.25) is 4.79 Å². The lowest BCUT2D eigenvalue weighted by molar-refractivity contribution is -0.119. The van der Waals surface area contributed by atoms with Gasteiger partial charge in [-0.15, -0.1) is 0 Å². The highest BCUT2D eigenvalue weighted by Crippen LogP contribution is 2.36. The molecule has 0 unspecified atom stereocenters. The second kappa shape index (κ2) is 6.58. The number of hydrogen-bond donors (Lipinski definition) is 1. The fraction of sp³-hybridized carbons (Fsp3) is 0.316. The van der Waals surface area contributed by atoms with Gasteiger partial charge in [-0.2, -0.15) is 0 Å². The van der Waals surface area contributed by atoms with Crippen LogP contribution in [-0.2, 0) is 22.7 Å². The van der Waals surface area contributed by atoms with Gasteiger partial charge in [0.25, 0.3) is 0 Å². The number of anilines is 2. The first kappa shape index (κ1) is 16.2. The van der Waals surface area contributed by atoms with E-state index >= 15 is 0 Å². The molecule has 1 amide bonds. The minimum Gasteiger partial charge on any atom is -0.467 e. The number of rotatable bonds is 2. The van der Waals surface area contributed by atoms with Gasteiger partial charge in [0.15, 0.2) is 6.79 Å². The van der Waals surface area contributed by atoms with Gasteiger partial charge in [0.1, 0.15) is 5.75 Å². The van der Waals surface area contributed by atoms with Crippen molar-refractivity contribution in [3.8, 4) is 5.75 Å². The Hall–Kier alpha value is -2.24. The van der Waals surface area contributed by atoms with Crippen molar-refractivity contribution in [1.82, 2.24) is 0 Å². The molecule has 2 heterocycles. The quantitative estimate of drug-likeness (QED) is 0.887. The lowest BCUT2D eigenvalue weighted by Gasteiger charge is -2.28. The molecule has 0 fully saturated rings. The molecule has 2 aliphatic heterocycles. The molecule has 0 spiro atoms. The molecular formula is C19H19ClN2O3. The minimum absolute atomic E-state index is 0.0349. The third kappa shape index (κ3) is 3.17. The molecule has 25 heavy (non-hydrogen) atoms. The van der Waals surface area contributed by atoms with Crippen LogP contribution in [-0.4, -0.2) is 19.2 Å². The number of nitrogens with one attached hydrogen (secondary N) is 1. The molecule has 0 saturated heterocycles. The molecule has 130 valence electrons. The number of carbonyl (C=O) groups is 1. The van der Waals surface area contributed by atoms with Crippen LogP contribution in [0.25, 0.3) is 0 Å². The summed E-state index contributed by atoms with van der Waals surface area (Å²) in [7, 11) is 0. The van der Waals surface area contributed by atoms with Crippen molar-refractivity contribution in [3.63, 3.8) is 0 Å². The topological polar surface area (TPSA) is 50.8 Å². The van der Waals surface area contributed by atoms with E-state index in [1.807, 2.05) is 43.3 Å². The number of benzene rings is 2. The summed E-state index contributed by atoms with van der Waals surface area (Å²) in [5.41, 5.74) is 3.79. The molecule has 6 heteroatoms. The average molecular weight is 359 g/mol. The molecule has 0 saturated carbocycles. The van der Waals surface area contributed by atoms with E-state index in [1.165, 1.54) is 0 Å². The van der Waals surface area contributed by atoms with Gasteiger partial charge < -0.3 is 19.7 Å².